The lowest BCUT2D eigenvalue weighted by atomic mass is 10.0. The molecule has 2 atom stereocenters. The van der Waals surface area contributed by atoms with Gasteiger partial charge in [0.1, 0.15) is 0 Å². The number of nitrogens with one attached hydrogen (secondary N) is 1. The first kappa shape index (κ1) is 14.7. The van der Waals surface area contributed by atoms with Gasteiger partial charge in [-0.2, -0.15) is 0 Å². The molecule has 5 heteroatoms. The highest BCUT2D eigenvalue weighted by molar-refractivity contribution is 7.90. The molecule has 4 nitrogen and oxygen atoms in total. The van der Waals surface area contributed by atoms with E-state index >= 15 is 0 Å². The van der Waals surface area contributed by atoms with Gasteiger partial charge in [-0.3, -0.25) is 4.79 Å². The van der Waals surface area contributed by atoms with E-state index in [1.807, 2.05) is 24.3 Å². The van der Waals surface area contributed by atoms with Gasteiger partial charge in [-0.25, -0.2) is 13.1 Å². The minimum absolute atomic E-state index is 0.104. The molecule has 2 aliphatic carbocycles. The van der Waals surface area contributed by atoms with E-state index in [-0.39, 0.29) is 16.7 Å². The lowest BCUT2D eigenvalue weighted by Gasteiger charge is -2.08. The molecule has 0 spiro atoms. The van der Waals surface area contributed by atoms with Gasteiger partial charge in [-0.15, -0.1) is 0 Å². The van der Waals surface area contributed by atoms with Crippen molar-refractivity contribution >= 4 is 26.7 Å². The summed E-state index contributed by atoms with van der Waals surface area (Å²) in [6.07, 6.45) is 4.42. The Morgan fingerprint density at radius 1 is 0.957 bits per heavy atom. The minimum Gasteiger partial charge on any atom is -0.274 e. The number of carbonyl (C=O) groups excluding carboxylic acids is 1. The van der Waals surface area contributed by atoms with Gasteiger partial charge in [-0.1, -0.05) is 43.2 Å². The van der Waals surface area contributed by atoms with Crippen LogP contribution in [0.4, 0.5) is 0 Å². The average molecular weight is 329 g/mol. The van der Waals surface area contributed by atoms with Crippen LogP contribution in [0, 0.1) is 17.8 Å². The molecule has 0 aromatic heterocycles. The summed E-state index contributed by atoms with van der Waals surface area (Å²) in [5, 5.41) is 1.83. The zero-order valence-electron chi connectivity index (χ0n) is 12.7. The van der Waals surface area contributed by atoms with Crippen LogP contribution in [0.2, 0.25) is 0 Å². The second kappa shape index (κ2) is 5.34. The summed E-state index contributed by atoms with van der Waals surface area (Å²) in [5.74, 6) is 0.369. The van der Waals surface area contributed by atoms with Crippen molar-refractivity contribution in [2.45, 2.75) is 30.6 Å². The summed E-state index contributed by atoms with van der Waals surface area (Å²) in [6.45, 7) is 0. The van der Waals surface area contributed by atoms with Crippen molar-refractivity contribution in [1.82, 2.24) is 4.72 Å². The summed E-state index contributed by atoms with van der Waals surface area (Å²) in [4.78, 5) is 12.5. The SMILES string of the molecule is O=C(NS(=O)(=O)c1ccc2ccccc2c1)C1[C@@H]2CCCC[C@@H]12. The predicted molar refractivity (Wildman–Crippen MR) is 88.2 cm³/mol. The fourth-order valence-electron chi connectivity index (χ4n) is 3.98. The van der Waals surface area contributed by atoms with E-state index < -0.39 is 10.0 Å². The Balaban J connectivity index is 1.56. The molecule has 4 rings (SSSR count). The Hall–Kier alpha value is -1.88. The van der Waals surface area contributed by atoms with Crippen LogP contribution in [0.15, 0.2) is 47.4 Å². The normalized spacial score (nSPS) is 26.5. The van der Waals surface area contributed by atoms with E-state index in [1.54, 1.807) is 18.2 Å². The zero-order chi connectivity index (χ0) is 16.0. The second-order valence-electron chi connectivity index (χ2n) is 6.62. The van der Waals surface area contributed by atoms with Gasteiger partial charge in [0.25, 0.3) is 10.0 Å². The number of fused-ring (bicyclic) bond motifs is 2. The Bertz CT molecular complexity index is 863. The van der Waals surface area contributed by atoms with Crippen molar-refractivity contribution in [3.05, 3.63) is 42.5 Å². The molecule has 2 aromatic rings. The number of carbonyl (C=O) groups is 1. The smallest absolute Gasteiger partial charge is 0.264 e. The van der Waals surface area contributed by atoms with Crippen LogP contribution in [-0.2, 0) is 14.8 Å². The van der Waals surface area contributed by atoms with Gasteiger partial charge in [0, 0.05) is 5.92 Å². The van der Waals surface area contributed by atoms with Gasteiger partial charge < -0.3 is 0 Å². The number of benzene rings is 2. The molecule has 2 aliphatic rings. The summed E-state index contributed by atoms with van der Waals surface area (Å²) >= 11 is 0. The van der Waals surface area contributed by atoms with E-state index in [9.17, 15) is 13.2 Å². The van der Waals surface area contributed by atoms with Crippen LogP contribution >= 0.6 is 0 Å². The van der Waals surface area contributed by atoms with Crippen molar-refractivity contribution in [3.63, 3.8) is 0 Å². The predicted octanol–water partition coefficient (Wildman–Crippen LogP) is 3.08. The third kappa shape index (κ3) is 2.63. The maximum atomic E-state index is 12.5. The van der Waals surface area contributed by atoms with E-state index in [1.165, 1.54) is 0 Å². The molecule has 1 N–H and O–H groups in total. The Kier molecular flexibility index (Phi) is 3.41. The highest BCUT2D eigenvalue weighted by Gasteiger charge is 2.55. The quantitative estimate of drug-likeness (QED) is 0.941. The fraction of sp³-hybridized carbons (Fsp3) is 0.389. The largest absolute Gasteiger partial charge is 0.274 e. The molecular weight excluding hydrogens is 310 g/mol. The molecule has 0 saturated heterocycles. The Morgan fingerprint density at radius 3 is 2.30 bits per heavy atom. The fourth-order valence-corrected chi connectivity index (χ4v) is 5.02. The van der Waals surface area contributed by atoms with Crippen molar-refractivity contribution in [3.8, 4) is 0 Å². The molecule has 0 radical (unpaired) electrons. The topological polar surface area (TPSA) is 63.2 Å². The maximum absolute atomic E-state index is 12.5. The Morgan fingerprint density at radius 2 is 1.61 bits per heavy atom. The molecular formula is C18H19NO3S. The minimum atomic E-state index is -3.80. The lowest BCUT2D eigenvalue weighted by Crippen LogP contribution is -2.32. The highest BCUT2D eigenvalue weighted by atomic mass is 32.2. The molecule has 23 heavy (non-hydrogen) atoms. The average Bonchev–Trinajstić information content (AvgIpc) is 3.28. The van der Waals surface area contributed by atoms with Crippen molar-refractivity contribution in [2.24, 2.45) is 17.8 Å². The maximum Gasteiger partial charge on any atom is 0.264 e. The van der Waals surface area contributed by atoms with Gasteiger partial charge in [0.15, 0.2) is 0 Å². The molecule has 2 fully saturated rings. The first-order valence-electron chi connectivity index (χ1n) is 8.12. The third-order valence-electron chi connectivity index (χ3n) is 5.23. The lowest BCUT2D eigenvalue weighted by molar-refractivity contribution is -0.121. The molecule has 0 unspecified atom stereocenters. The van der Waals surface area contributed by atoms with Crippen LogP contribution in [0.25, 0.3) is 10.8 Å². The standard InChI is InChI=1S/C18H19NO3S/c20-18(17-15-7-3-4-8-16(15)17)19-23(21,22)14-10-9-12-5-1-2-6-13(12)11-14/h1-2,5-6,9-11,15-17H,3-4,7-8H2,(H,19,20)/t15-,16-/m1/s1. The molecule has 0 heterocycles. The van der Waals surface area contributed by atoms with Crippen molar-refractivity contribution < 1.29 is 13.2 Å². The van der Waals surface area contributed by atoms with Gasteiger partial charge >= 0.3 is 0 Å². The first-order valence-corrected chi connectivity index (χ1v) is 9.60. The number of rotatable bonds is 3. The van der Waals surface area contributed by atoms with Crippen LogP contribution in [0.1, 0.15) is 25.7 Å². The van der Waals surface area contributed by atoms with Crippen LogP contribution in [-0.4, -0.2) is 14.3 Å². The first-order chi connectivity index (χ1) is 11.1. The third-order valence-corrected chi connectivity index (χ3v) is 6.57. The number of amides is 1. The van der Waals surface area contributed by atoms with Gasteiger partial charge in [0.05, 0.1) is 4.90 Å². The van der Waals surface area contributed by atoms with E-state index in [2.05, 4.69) is 4.72 Å². The number of hydrogen-bond donors (Lipinski definition) is 1. The monoisotopic (exact) mass is 329 g/mol. The summed E-state index contributed by atoms with van der Waals surface area (Å²) in [5.41, 5.74) is 0. The summed E-state index contributed by atoms with van der Waals surface area (Å²) < 4.78 is 27.3. The van der Waals surface area contributed by atoms with E-state index in [4.69, 9.17) is 0 Å². The van der Waals surface area contributed by atoms with E-state index in [0.29, 0.717) is 11.8 Å². The van der Waals surface area contributed by atoms with Crippen LogP contribution < -0.4 is 4.72 Å². The molecule has 2 aromatic carbocycles. The zero-order valence-corrected chi connectivity index (χ0v) is 13.6. The van der Waals surface area contributed by atoms with E-state index in [0.717, 1.165) is 36.5 Å². The summed E-state index contributed by atoms with van der Waals surface area (Å²) in [7, 11) is -3.80. The summed E-state index contributed by atoms with van der Waals surface area (Å²) in [6, 6.07) is 12.5. The van der Waals surface area contributed by atoms with Crippen molar-refractivity contribution in [2.75, 3.05) is 0 Å². The molecule has 0 aliphatic heterocycles. The van der Waals surface area contributed by atoms with Crippen LogP contribution in [0.3, 0.4) is 0 Å². The highest BCUT2D eigenvalue weighted by Crippen LogP contribution is 2.55. The number of hydrogen-bond acceptors (Lipinski definition) is 3. The van der Waals surface area contributed by atoms with Gasteiger partial charge in [-0.05, 0) is 47.6 Å². The van der Waals surface area contributed by atoms with Crippen molar-refractivity contribution in [1.29, 1.82) is 0 Å². The number of sulfonamides is 1. The second-order valence-corrected chi connectivity index (χ2v) is 8.30. The molecule has 0 bridgehead atoms. The van der Waals surface area contributed by atoms with Gasteiger partial charge in [0.2, 0.25) is 5.91 Å². The molecule has 120 valence electrons. The molecule has 1 amide bonds. The molecule has 2 saturated carbocycles. The Labute approximate surface area is 135 Å². The van der Waals surface area contributed by atoms with Crippen LogP contribution in [0.5, 0.6) is 0 Å².